The first-order chi connectivity index (χ1) is 10.7. The molecule has 0 unspecified atom stereocenters. The summed E-state index contributed by atoms with van der Waals surface area (Å²) in [4.78, 5) is 11.8. The van der Waals surface area contributed by atoms with Gasteiger partial charge < -0.3 is 15.4 Å². The van der Waals surface area contributed by atoms with Crippen LogP contribution in [0.15, 0.2) is 48.5 Å². The van der Waals surface area contributed by atoms with Crippen LogP contribution in [0.3, 0.4) is 0 Å². The zero-order valence-electron chi connectivity index (χ0n) is 12.4. The summed E-state index contributed by atoms with van der Waals surface area (Å²) in [6.07, 6.45) is 0. The first kappa shape index (κ1) is 16.3. The van der Waals surface area contributed by atoms with Crippen LogP contribution in [0, 0.1) is 0 Å². The predicted octanol–water partition coefficient (Wildman–Crippen LogP) is 3.47. The molecule has 0 aliphatic carbocycles. The summed E-state index contributed by atoms with van der Waals surface area (Å²) in [7, 11) is 0. The van der Waals surface area contributed by atoms with Gasteiger partial charge >= 0.3 is 0 Å². The minimum Gasteiger partial charge on any atom is -0.494 e. The Labute approximate surface area is 135 Å². The summed E-state index contributed by atoms with van der Waals surface area (Å²) in [6.45, 7) is 3.42. The van der Waals surface area contributed by atoms with Gasteiger partial charge in [0.25, 0.3) is 0 Å². The highest BCUT2D eigenvalue weighted by Gasteiger charge is 2.02. The second kappa shape index (κ2) is 8.41. The smallest absolute Gasteiger partial charge is 0.238 e. The number of benzene rings is 2. The molecule has 4 nitrogen and oxygen atoms in total. The van der Waals surface area contributed by atoms with Crippen LogP contribution in [0.5, 0.6) is 5.75 Å². The number of carbonyl (C=O) groups excluding carboxylic acids is 1. The van der Waals surface area contributed by atoms with Crippen LogP contribution in [0.25, 0.3) is 0 Å². The minimum absolute atomic E-state index is 0.0851. The summed E-state index contributed by atoms with van der Waals surface area (Å²) >= 11 is 5.82. The molecule has 0 spiro atoms. The number of hydrogen-bond donors (Lipinski definition) is 2. The molecule has 0 bridgehead atoms. The zero-order chi connectivity index (χ0) is 15.8. The molecule has 2 aromatic rings. The van der Waals surface area contributed by atoms with Crippen LogP contribution >= 0.6 is 11.6 Å². The van der Waals surface area contributed by atoms with E-state index in [1.807, 2.05) is 55.5 Å². The fraction of sp³-hybridized carbons (Fsp3) is 0.235. The van der Waals surface area contributed by atoms with E-state index in [9.17, 15) is 4.79 Å². The highest BCUT2D eigenvalue weighted by molar-refractivity contribution is 6.30. The third-order valence-corrected chi connectivity index (χ3v) is 3.23. The van der Waals surface area contributed by atoms with Crippen LogP contribution in [0.4, 0.5) is 5.69 Å². The van der Waals surface area contributed by atoms with Crippen LogP contribution in [-0.4, -0.2) is 19.1 Å². The minimum atomic E-state index is -0.0851. The lowest BCUT2D eigenvalue weighted by Gasteiger charge is -2.08. The summed E-state index contributed by atoms with van der Waals surface area (Å²) in [5.41, 5.74) is 1.83. The van der Waals surface area contributed by atoms with Gasteiger partial charge in [-0.3, -0.25) is 4.79 Å². The Morgan fingerprint density at radius 1 is 1.09 bits per heavy atom. The van der Waals surface area contributed by atoms with Gasteiger partial charge in [0, 0.05) is 17.3 Å². The number of anilines is 1. The number of rotatable bonds is 7. The number of ether oxygens (including phenoxy) is 1. The van der Waals surface area contributed by atoms with Crippen LogP contribution in [0.1, 0.15) is 12.5 Å². The Hall–Kier alpha value is -2.04. The maximum absolute atomic E-state index is 11.8. The van der Waals surface area contributed by atoms with Gasteiger partial charge in [0.05, 0.1) is 13.2 Å². The Kier molecular flexibility index (Phi) is 6.25. The average molecular weight is 319 g/mol. The molecular formula is C17H19ClN2O2. The quantitative estimate of drug-likeness (QED) is 0.822. The van der Waals surface area contributed by atoms with Gasteiger partial charge in [-0.1, -0.05) is 23.7 Å². The van der Waals surface area contributed by atoms with Crippen molar-refractivity contribution in [2.24, 2.45) is 0 Å². The van der Waals surface area contributed by atoms with Gasteiger partial charge in [-0.25, -0.2) is 0 Å². The molecule has 1 amide bonds. The van der Waals surface area contributed by atoms with E-state index in [1.165, 1.54) is 0 Å². The lowest BCUT2D eigenvalue weighted by molar-refractivity contribution is -0.115. The van der Waals surface area contributed by atoms with Crippen molar-refractivity contribution in [2.45, 2.75) is 13.5 Å². The van der Waals surface area contributed by atoms with Crippen molar-refractivity contribution >= 4 is 23.2 Å². The average Bonchev–Trinajstić information content (AvgIpc) is 2.51. The van der Waals surface area contributed by atoms with Crippen molar-refractivity contribution in [1.29, 1.82) is 0 Å². The van der Waals surface area contributed by atoms with E-state index >= 15 is 0 Å². The number of amides is 1. The van der Waals surface area contributed by atoms with Crippen molar-refractivity contribution in [3.63, 3.8) is 0 Å². The highest BCUT2D eigenvalue weighted by atomic mass is 35.5. The topological polar surface area (TPSA) is 50.4 Å². The molecule has 0 aliphatic rings. The normalized spacial score (nSPS) is 10.3. The molecular weight excluding hydrogens is 300 g/mol. The number of carbonyl (C=O) groups is 1. The van der Waals surface area contributed by atoms with Gasteiger partial charge in [-0.05, 0) is 48.9 Å². The molecule has 2 aromatic carbocycles. The van der Waals surface area contributed by atoms with Crippen LogP contribution in [0.2, 0.25) is 5.02 Å². The van der Waals surface area contributed by atoms with E-state index in [2.05, 4.69) is 10.6 Å². The molecule has 0 heterocycles. The number of halogens is 1. The highest BCUT2D eigenvalue weighted by Crippen LogP contribution is 2.15. The molecule has 2 rings (SSSR count). The molecule has 0 radical (unpaired) electrons. The summed E-state index contributed by atoms with van der Waals surface area (Å²) < 4.78 is 5.35. The standard InChI is InChI=1S/C17H19ClN2O2/c1-2-22-16-9-7-15(8-10-16)20-17(21)12-19-11-13-3-5-14(18)6-4-13/h3-10,19H,2,11-12H2,1H3,(H,20,21). The van der Waals surface area contributed by atoms with Crippen molar-refractivity contribution in [2.75, 3.05) is 18.5 Å². The van der Waals surface area contributed by atoms with E-state index in [4.69, 9.17) is 16.3 Å². The summed E-state index contributed by atoms with van der Waals surface area (Å²) in [5, 5.41) is 6.63. The lowest BCUT2D eigenvalue weighted by atomic mass is 10.2. The van der Waals surface area contributed by atoms with Gasteiger partial charge in [0.15, 0.2) is 0 Å². The summed E-state index contributed by atoms with van der Waals surface area (Å²) in [6, 6.07) is 14.8. The van der Waals surface area contributed by atoms with E-state index in [1.54, 1.807) is 0 Å². The van der Waals surface area contributed by atoms with Crippen molar-refractivity contribution in [3.8, 4) is 5.75 Å². The fourth-order valence-electron chi connectivity index (χ4n) is 1.93. The molecule has 5 heteroatoms. The van der Waals surface area contributed by atoms with Crippen molar-refractivity contribution in [3.05, 3.63) is 59.1 Å². The molecule has 116 valence electrons. The molecule has 0 aromatic heterocycles. The SMILES string of the molecule is CCOc1ccc(NC(=O)CNCc2ccc(Cl)cc2)cc1. The van der Waals surface area contributed by atoms with Gasteiger partial charge in [-0.2, -0.15) is 0 Å². The molecule has 0 atom stereocenters. The first-order valence-corrected chi connectivity index (χ1v) is 7.53. The Balaban J connectivity index is 1.74. The molecule has 0 aliphatic heterocycles. The van der Waals surface area contributed by atoms with Crippen LogP contribution < -0.4 is 15.4 Å². The maximum atomic E-state index is 11.8. The number of nitrogens with one attached hydrogen (secondary N) is 2. The van der Waals surface area contributed by atoms with Crippen molar-refractivity contribution < 1.29 is 9.53 Å². The van der Waals surface area contributed by atoms with Crippen molar-refractivity contribution in [1.82, 2.24) is 5.32 Å². The van der Waals surface area contributed by atoms with Gasteiger partial charge in [0.1, 0.15) is 5.75 Å². The second-order valence-corrected chi connectivity index (χ2v) is 5.17. The first-order valence-electron chi connectivity index (χ1n) is 7.15. The number of hydrogen-bond acceptors (Lipinski definition) is 3. The maximum Gasteiger partial charge on any atom is 0.238 e. The molecule has 0 fully saturated rings. The van der Waals surface area contributed by atoms with Crippen LogP contribution in [-0.2, 0) is 11.3 Å². The predicted molar refractivity (Wildman–Crippen MR) is 89.4 cm³/mol. The van der Waals surface area contributed by atoms with E-state index in [0.717, 1.165) is 17.0 Å². The van der Waals surface area contributed by atoms with E-state index in [-0.39, 0.29) is 12.5 Å². The Morgan fingerprint density at radius 2 is 1.77 bits per heavy atom. The third-order valence-electron chi connectivity index (χ3n) is 2.98. The Bertz CT molecular complexity index is 597. The molecule has 0 saturated heterocycles. The molecule has 2 N–H and O–H groups in total. The van der Waals surface area contributed by atoms with E-state index in [0.29, 0.717) is 18.2 Å². The van der Waals surface area contributed by atoms with Gasteiger partial charge in [-0.15, -0.1) is 0 Å². The van der Waals surface area contributed by atoms with E-state index < -0.39 is 0 Å². The fourth-order valence-corrected chi connectivity index (χ4v) is 2.05. The summed E-state index contributed by atoms with van der Waals surface area (Å²) in [5.74, 6) is 0.708. The molecule has 0 saturated carbocycles. The monoisotopic (exact) mass is 318 g/mol. The molecule has 22 heavy (non-hydrogen) atoms. The third kappa shape index (κ3) is 5.39. The second-order valence-electron chi connectivity index (χ2n) is 4.74. The lowest BCUT2D eigenvalue weighted by Crippen LogP contribution is -2.27. The largest absolute Gasteiger partial charge is 0.494 e. The zero-order valence-corrected chi connectivity index (χ0v) is 13.2. The van der Waals surface area contributed by atoms with Gasteiger partial charge in [0.2, 0.25) is 5.91 Å². The Morgan fingerprint density at radius 3 is 2.41 bits per heavy atom.